The molecule has 2 heterocycles. The van der Waals surface area contributed by atoms with Gasteiger partial charge in [0.25, 0.3) is 0 Å². The van der Waals surface area contributed by atoms with Crippen molar-refractivity contribution in [3.05, 3.63) is 35.7 Å². The van der Waals surface area contributed by atoms with E-state index in [0.29, 0.717) is 11.7 Å². The predicted octanol–water partition coefficient (Wildman–Crippen LogP) is 3.48. The molecule has 0 aliphatic heterocycles. The number of pyridine rings is 1. The second-order valence-corrected chi connectivity index (χ2v) is 5.41. The van der Waals surface area contributed by atoms with E-state index in [1.165, 1.54) is 0 Å². The van der Waals surface area contributed by atoms with Gasteiger partial charge in [0.15, 0.2) is 5.82 Å². The van der Waals surface area contributed by atoms with Crippen LogP contribution in [0.2, 0.25) is 0 Å². The largest absolute Gasteiger partial charge is 0.370 e. The molecule has 0 fully saturated rings. The molecule has 1 N–H and O–H groups in total. The van der Waals surface area contributed by atoms with E-state index >= 15 is 0 Å². The van der Waals surface area contributed by atoms with Gasteiger partial charge in [-0.25, -0.2) is 9.97 Å². The van der Waals surface area contributed by atoms with E-state index < -0.39 is 0 Å². The number of rotatable bonds is 5. The third kappa shape index (κ3) is 3.76. The van der Waals surface area contributed by atoms with Gasteiger partial charge in [-0.2, -0.15) is 0 Å². The molecule has 0 saturated heterocycles. The number of nitrogens with zero attached hydrogens (tertiary/aromatic N) is 3. The molecule has 0 spiro atoms. The first-order valence-corrected chi connectivity index (χ1v) is 7.13. The zero-order valence-corrected chi connectivity index (χ0v) is 12.6. The molecular weight excluding hydrogens is 248 g/mol. The minimum Gasteiger partial charge on any atom is -0.370 e. The summed E-state index contributed by atoms with van der Waals surface area (Å²) in [6.07, 6.45) is 2.75. The van der Waals surface area contributed by atoms with Gasteiger partial charge >= 0.3 is 0 Å². The minimum atomic E-state index is 0.567. The van der Waals surface area contributed by atoms with Crippen molar-refractivity contribution in [2.45, 2.75) is 34.1 Å². The third-order valence-corrected chi connectivity index (χ3v) is 2.90. The Bertz CT molecular complexity index is 578. The highest BCUT2D eigenvalue weighted by atomic mass is 15.0. The molecule has 0 aliphatic rings. The molecule has 2 aromatic heterocycles. The van der Waals surface area contributed by atoms with Crippen molar-refractivity contribution < 1.29 is 0 Å². The van der Waals surface area contributed by atoms with Crippen LogP contribution in [0.3, 0.4) is 0 Å². The second kappa shape index (κ2) is 6.46. The van der Waals surface area contributed by atoms with Crippen molar-refractivity contribution in [2.24, 2.45) is 5.92 Å². The molecule has 0 aromatic carbocycles. The Hall–Kier alpha value is -1.97. The van der Waals surface area contributed by atoms with Crippen LogP contribution in [0.15, 0.2) is 24.4 Å². The molecule has 0 radical (unpaired) electrons. The summed E-state index contributed by atoms with van der Waals surface area (Å²) in [5.74, 6) is 2.14. The molecule has 0 bridgehead atoms. The Morgan fingerprint density at radius 3 is 2.65 bits per heavy atom. The van der Waals surface area contributed by atoms with Crippen LogP contribution in [-0.2, 0) is 6.42 Å². The summed E-state index contributed by atoms with van der Waals surface area (Å²) >= 11 is 0. The lowest BCUT2D eigenvalue weighted by Gasteiger charge is -2.10. The van der Waals surface area contributed by atoms with Crippen LogP contribution in [0.25, 0.3) is 11.5 Å². The monoisotopic (exact) mass is 270 g/mol. The summed E-state index contributed by atoms with van der Waals surface area (Å²) in [7, 11) is 0. The summed E-state index contributed by atoms with van der Waals surface area (Å²) in [6, 6.07) is 6.03. The molecule has 2 aromatic rings. The number of hydrogen-bond acceptors (Lipinski definition) is 4. The van der Waals surface area contributed by atoms with Gasteiger partial charge in [0.1, 0.15) is 11.5 Å². The SMILES string of the molecule is CCNc1cc(CC(C)C)nc(-c2cc(C)ccn2)n1. The van der Waals surface area contributed by atoms with Crippen LogP contribution in [0.1, 0.15) is 32.0 Å². The maximum absolute atomic E-state index is 4.65. The molecule has 0 amide bonds. The lowest BCUT2D eigenvalue weighted by atomic mass is 10.1. The molecule has 0 saturated carbocycles. The Morgan fingerprint density at radius 2 is 2.00 bits per heavy atom. The maximum atomic E-state index is 4.65. The standard InChI is InChI=1S/C16H22N4/c1-5-17-15-10-13(8-11(2)3)19-16(20-15)14-9-12(4)6-7-18-14/h6-7,9-11H,5,8H2,1-4H3,(H,17,19,20). The number of nitrogens with one attached hydrogen (secondary N) is 1. The van der Waals surface area contributed by atoms with Gasteiger partial charge in [0.05, 0.1) is 0 Å². The van der Waals surface area contributed by atoms with Crippen molar-refractivity contribution in [1.82, 2.24) is 15.0 Å². The fourth-order valence-corrected chi connectivity index (χ4v) is 2.07. The second-order valence-electron chi connectivity index (χ2n) is 5.41. The van der Waals surface area contributed by atoms with Gasteiger partial charge in [-0.3, -0.25) is 4.98 Å². The maximum Gasteiger partial charge on any atom is 0.180 e. The smallest absolute Gasteiger partial charge is 0.180 e. The molecule has 0 unspecified atom stereocenters. The van der Waals surface area contributed by atoms with Gasteiger partial charge in [-0.15, -0.1) is 0 Å². The molecule has 20 heavy (non-hydrogen) atoms. The Balaban J connectivity index is 2.43. The zero-order valence-electron chi connectivity index (χ0n) is 12.6. The predicted molar refractivity (Wildman–Crippen MR) is 82.7 cm³/mol. The van der Waals surface area contributed by atoms with Crippen LogP contribution in [0.5, 0.6) is 0 Å². The van der Waals surface area contributed by atoms with E-state index in [0.717, 1.165) is 35.7 Å². The van der Waals surface area contributed by atoms with Gasteiger partial charge in [-0.05, 0) is 43.9 Å². The lowest BCUT2D eigenvalue weighted by Crippen LogP contribution is -2.06. The number of aryl methyl sites for hydroxylation is 1. The quantitative estimate of drug-likeness (QED) is 0.903. The van der Waals surface area contributed by atoms with Crippen molar-refractivity contribution in [3.8, 4) is 11.5 Å². The van der Waals surface area contributed by atoms with E-state index in [-0.39, 0.29) is 0 Å². The van der Waals surface area contributed by atoms with E-state index in [1.807, 2.05) is 25.1 Å². The molecule has 0 atom stereocenters. The van der Waals surface area contributed by atoms with Crippen LogP contribution < -0.4 is 5.32 Å². The van der Waals surface area contributed by atoms with Crippen molar-refractivity contribution in [1.29, 1.82) is 0 Å². The summed E-state index contributed by atoms with van der Waals surface area (Å²) in [4.78, 5) is 13.6. The molecule has 4 nitrogen and oxygen atoms in total. The summed E-state index contributed by atoms with van der Waals surface area (Å²) in [5.41, 5.74) is 3.05. The van der Waals surface area contributed by atoms with Crippen molar-refractivity contribution in [3.63, 3.8) is 0 Å². The number of hydrogen-bond donors (Lipinski definition) is 1. The molecule has 2 rings (SSSR count). The highest BCUT2D eigenvalue weighted by Gasteiger charge is 2.09. The normalized spacial score (nSPS) is 10.8. The fraction of sp³-hybridized carbons (Fsp3) is 0.438. The summed E-state index contributed by atoms with van der Waals surface area (Å²) < 4.78 is 0. The van der Waals surface area contributed by atoms with E-state index in [2.05, 4.69) is 41.0 Å². The zero-order chi connectivity index (χ0) is 14.5. The van der Waals surface area contributed by atoms with Crippen molar-refractivity contribution in [2.75, 3.05) is 11.9 Å². The average molecular weight is 270 g/mol. The third-order valence-electron chi connectivity index (χ3n) is 2.90. The van der Waals surface area contributed by atoms with E-state index in [1.54, 1.807) is 6.20 Å². The van der Waals surface area contributed by atoms with Crippen LogP contribution >= 0.6 is 0 Å². The summed E-state index contributed by atoms with van der Waals surface area (Å²) in [5, 5.41) is 3.27. The van der Waals surface area contributed by atoms with Crippen LogP contribution in [0.4, 0.5) is 5.82 Å². The number of aromatic nitrogens is 3. The first kappa shape index (κ1) is 14.4. The van der Waals surface area contributed by atoms with Gasteiger partial charge in [0, 0.05) is 24.5 Å². The van der Waals surface area contributed by atoms with Gasteiger partial charge < -0.3 is 5.32 Å². The van der Waals surface area contributed by atoms with Gasteiger partial charge in [0.2, 0.25) is 0 Å². The topological polar surface area (TPSA) is 50.7 Å². The molecule has 106 valence electrons. The van der Waals surface area contributed by atoms with Crippen LogP contribution in [-0.4, -0.2) is 21.5 Å². The van der Waals surface area contributed by atoms with Gasteiger partial charge in [-0.1, -0.05) is 13.8 Å². The Kier molecular flexibility index (Phi) is 4.66. The molecule has 0 aliphatic carbocycles. The lowest BCUT2D eigenvalue weighted by molar-refractivity contribution is 0.634. The first-order valence-electron chi connectivity index (χ1n) is 7.13. The average Bonchev–Trinajstić information content (AvgIpc) is 2.38. The van der Waals surface area contributed by atoms with E-state index in [9.17, 15) is 0 Å². The Labute approximate surface area is 120 Å². The fourth-order valence-electron chi connectivity index (χ4n) is 2.07. The highest BCUT2D eigenvalue weighted by Crippen LogP contribution is 2.18. The molecule has 4 heteroatoms. The van der Waals surface area contributed by atoms with E-state index in [4.69, 9.17) is 0 Å². The number of anilines is 1. The molecular formula is C16H22N4. The Morgan fingerprint density at radius 1 is 1.20 bits per heavy atom. The first-order chi connectivity index (χ1) is 9.58. The highest BCUT2D eigenvalue weighted by molar-refractivity contribution is 5.54. The minimum absolute atomic E-state index is 0.567. The van der Waals surface area contributed by atoms with Crippen molar-refractivity contribution >= 4 is 5.82 Å². The van der Waals surface area contributed by atoms with Crippen LogP contribution in [0, 0.1) is 12.8 Å². The summed E-state index contributed by atoms with van der Waals surface area (Å²) in [6.45, 7) is 9.35.